The molecule has 1 saturated heterocycles. The van der Waals surface area contributed by atoms with Crippen LogP contribution in [0.4, 0.5) is 11.8 Å². The highest BCUT2D eigenvalue weighted by Crippen LogP contribution is 2.28. The van der Waals surface area contributed by atoms with E-state index in [0.29, 0.717) is 17.5 Å². The summed E-state index contributed by atoms with van der Waals surface area (Å²) >= 11 is 6.23. The number of anilines is 2. The van der Waals surface area contributed by atoms with E-state index in [1.807, 2.05) is 36.5 Å². The van der Waals surface area contributed by atoms with Gasteiger partial charge in [-0.25, -0.2) is 15.0 Å². The number of amides is 1. The Kier molecular flexibility index (Phi) is 6.82. The number of carbonyl (C=O) groups is 1. The molecule has 2 aromatic heterocycles. The lowest BCUT2D eigenvalue weighted by Crippen LogP contribution is -2.41. The van der Waals surface area contributed by atoms with Crippen molar-refractivity contribution in [3.8, 4) is 0 Å². The second-order valence-electron chi connectivity index (χ2n) is 7.76. The lowest BCUT2D eigenvalue weighted by atomic mass is 9.95. The van der Waals surface area contributed by atoms with Crippen molar-refractivity contribution in [2.45, 2.75) is 32.7 Å². The van der Waals surface area contributed by atoms with Gasteiger partial charge >= 0.3 is 0 Å². The molecule has 7 nitrogen and oxygen atoms in total. The van der Waals surface area contributed by atoms with Gasteiger partial charge in [0.2, 0.25) is 11.9 Å². The van der Waals surface area contributed by atoms with Crippen LogP contribution in [0.1, 0.15) is 31.7 Å². The van der Waals surface area contributed by atoms with Crippen LogP contribution >= 0.6 is 11.6 Å². The number of pyridine rings is 1. The molecule has 3 aromatic rings. The second-order valence-corrected chi connectivity index (χ2v) is 8.17. The number of nitrogens with zero attached hydrogens (tertiary/aromatic N) is 4. The molecule has 162 valence electrons. The van der Waals surface area contributed by atoms with Gasteiger partial charge in [-0.1, -0.05) is 36.7 Å². The van der Waals surface area contributed by atoms with Crippen LogP contribution in [0.15, 0.2) is 42.7 Å². The molecule has 0 aliphatic carbocycles. The van der Waals surface area contributed by atoms with Crippen LogP contribution in [-0.2, 0) is 11.3 Å². The molecule has 1 amide bonds. The van der Waals surface area contributed by atoms with E-state index in [-0.39, 0.29) is 11.8 Å². The van der Waals surface area contributed by atoms with Crippen molar-refractivity contribution in [3.05, 3.63) is 53.3 Å². The van der Waals surface area contributed by atoms with Crippen LogP contribution in [-0.4, -0.2) is 40.5 Å². The van der Waals surface area contributed by atoms with Gasteiger partial charge in [0.15, 0.2) is 0 Å². The molecular weight excluding hydrogens is 412 g/mol. The van der Waals surface area contributed by atoms with Gasteiger partial charge in [0.25, 0.3) is 0 Å². The summed E-state index contributed by atoms with van der Waals surface area (Å²) < 4.78 is 0. The number of benzene rings is 1. The lowest BCUT2D eigenvalue weighted by molar-refractivity contribution is -0.125. The molecule has 0 bridgehead atoms. The van der Waals surface area contributed by atoms with E-state index in [1.54, 1.807) is 6.20 Å². The highest BCUT2D eigenvalue weighted by Gasteiger charge is 2.26. The Morgan fingerprint density at radius 1 is 1.19 bits per heavy atom. The van der Waals surface area contributed by atoms with E-state index < -0.39 is 0 Å². The summed E-state index contributed by atoms with van der Waals surface area (Å²) in [5, 5.41) is 7.89. The standard InChI is InChI=1S/C23H27ClN6O/c1-2-10-26-22(31)16-8-12-30(13-9-16)21-18-15-28-23(29-20(18)7-11-25-21)27-14-17-5-3-4-6-19(17)24/h3-7,11,15-16H,2,8-10,12-14H2,1H3,(H,26,31)(H,27,28,29). The van der Waals surface area contributed by atoms with Crippen molar-refractivity contribution in [1.29, 1.82) is 0 Å². The summed E-state index contributed by atoms with van der Waals surface area (Å²) in [6.45, 7) is 4.95. The van der Waals surface area contributed by atoms with E-state index in [1.165, 1.54) is 0 Å². The number of halogens is 1. The SMILES string of the molecule is CCCNC(=O)C1CCN(c2nccc3nc(NCc4ccccc4Cl)ncc23)CC1. The van der Waals surface area contributed by atoms with Crippen LogP contribution in [0.5, 0.6) is 0 Å². The fourth-order valence-electron chi connectivity index (χ4n) is 3.84. The molecule has 1 aliphatic rings. The Morgan fingerprint density at radius 3 is 2.77 bits per heavy atom. The predicted octanol–water partition coefficient (Wildman–Crippen LogP) is 4.03. The maximum absolute atomic E-state index is 12.3. The molecule has 1 aliphatic heterocycles. The summed E-state index contributed by atoms with van der Waals surface area (Å²) in [4.78, 5) is 28.2. The first-order chi connectivity index (χ1) is 15.2. The smallest absolute Gasteiger partial charge is 0.223 e. The van der Waals surface area contributed by atoms with Crippen molar-refractivity contribution in [1.82, 2.24) is 20.3 Å². The van der Waals surface area contributed by atoms with Gasteiger partial charge in [-0.3, -0.25) is 4.79 Å². The van der Waals surface area contributed by atoms with Crippen LogP contribution in [0.25, 0.3) is 10.9 Å². The summed E-state index contributed by atoms with van der Waals surface area (Å²) in [7, 11) is 0. The molecule has 0 spiro atoms. The first-order valence-corrected chi connectivity index (χ1v) is 11.1. The zero-order valence-corrected chi connectivity index (χ0v) is 18.4. The third-order valence-corrected chi connectivity index (χ3v) is 5.97. The van der Waals surface area contributed by atoms with Gasteiger partial charge in [0, 0.05) is 49.5 Å². The fraction of sp³-hybridized carbons (Fsp3) is 0.391. The number of hydrogen-bond donors (Lipinski definition) is 2. The number of carbonyl (C=O) groups excluding carboxylic acids is 1. The maximum atomic E-state index is 12.3. The molecule has 0 saturated carbocycles. The average Bonchev–Trinajstić information content (AvgIpc) is 2.81. The largest absolute Gasteiger partial charge is 0.356 e. The first-order valence-electron chi connectivity index (χ1n) is 10.8. The number of rotatable bonds is 7. The molecule has 1 fully saturated rings. The summed E-state index contributed by atoms with van der Waals surface area (Å²) in [6, 6.07) is 9.61. The Bertz CT molecular complexity index is 1050. The Hall–Kier alpha value is -2.93. The molecular formula is C23H27ClN6O. The van der Waals surface area contributed by atoms with Crippen molar-refractivity contribution < 1.29 is 4.79 Å². The average molecular weight is 439 g/mol. The lowest BCUT2D eigenvalue weighted by Gasteiger charge is -2.32. The minimum Gasteiger partial charge on any atom is -0.356 e. The Labute approximate surface area is 187 Å². The van der Waals surface area contributed by atoms with E-state index >= 15 is 0 Å². The molecule has 8 heteroatoms. The van der Waals surface area contributed by atoms with Gasteiger partial charge in [-0.2, -0.15) is 0 Å². The molecule has 0 radical (unpaired) electrons. The molecule has 31 heavy (non-hydrogen) atoms. The minimum atomic E-state index is 0.0784. The number of aromatic nitrogens is 3. The summed E-state index contributed by atoms with van der Waals surface area (Å²) in [5.74, 6) is 1.68. The summed E-state index contributed by atoms with van der Waals surface area (Å²) in [6.07, 6.45) is 6.21. The number of nitrogens with one attached hydrogen (secondary N) is 2. The number of fused-ring (bicyclic) bond motifs is 1. The van der Waals surface area contributed by atoms with Crippen molar-refractivity contribution >= 4 is 40.2 Å². The molecule has 3 heterocycles. The van der Waals surface area contributed by atoms with Gasteiger partial charge in [-0.05, 0) is 37.0 Å². The quantitative estimate of drug-likeness (QED) is 0.579. The van der Waals surface area contributed by atoms with E-state index in [0.717, 1.165) is 61.2 Å². The number of hydrogen-bond acceptors (Lipinski definition) is 6. The third-order valence-electron chi connectivity index (χ3n) is 5.60. The molecule has 0 atom stereocenters. The van der Waals surface area contributed by atoms with Crippen LogP contribution < -0.4 is 15.5 Å². The maximum Gasteiger partial charge on any atom is 0.223 e. The van der Waals surface area contributed by atoms with Crippen molar-refractivity contribution in [2.75, 3.05) is 29.9 Å². The van der Waals surface area contributed by atoms with Crippen LogP contribution in [0, 0.1) is 5.92 Å². The minimum absolute atomic E-state index is 0.0784. The molecule has 2 N–H and O–H groups in total. The van der Waals surface area contributed by atoms with E-state index in [2.05, 4.69) is 37.4 Å². The Morgan fingerprint density at radius 2 is 2.00 bits per heavy atom. The van der Waals surface area contributed by atoms with Crippen molar-refractivity contribution in [2.24, 2.45) is 5.92 Å². The molecule has 1 aromatic carbocycles. The highest BCUT2D eigenvalue weighted by molar-refractivity contribution is 6.31. The van der Waals surface area contributed by atoms with Gasteiger partial charge < -0.3 is 15.5 Å². The zero-order valence-electron chi connectivity index (χ0n) is 17.6. The summed E-state index contributed by atoms with van der Waals surface area (Å²) in [5.41, 5.74) is 1.83. The fourth-order valence-corrected chi connectivity index (χ4v) is 4.04. The topological polar surface area (TPSA) is 83.0 Å². The van der Waals surface area contributed by atoms with Crippen molar-refractivity contribution in [3.63, 3.8) is 0 Å². The van der Waals surface area contributed by atoms with E-state index in [9.17, 15) is 4.79 Å². The molecule has 4 rings (SSSR count). The van der Waals surface area contributed by atoms with Crippen LogP contribution in [0.2, 0.25) is 5.02 Å². The predicted molar refractivity (Wildman–Crippen MR) is 124 cm³/mol. The monoisotopic (exact) mass is 438 g/mol. The zero-order chi connectivity index (χ0) is 21.6. The van der Waals surface area contributed by atoms with Gasteiger partial charge in [0.1, 0.15) is 5.82 Å². The van der Waals surface area contributed by atoms with Crippen LogP contribution in [0.3, 0.4) is 0 Å². The van der Waals surface area contributed by atoms with E-state index in [4.69, 9.17) is 11.6 Å². The first kappa shape index (κ1) is 21.3. The second kappa shape index (κ2) is 9.92. The Balaban J connectivity index is 1.44. The normalized spacial score (nSPS) is 14.6. The van der Waals surface area contributed by atoms with Gasteiger partial charge in [-0.15, -0.1) is 0 Å². The highest BCUT2D eigenvalue weighted by atomic mass is 35.5. The third kappa shape index (κ3) is 5.05. The molecule has 0 unspecified atom stereocenters. The van der Waals surface area contributed by atoms with Gasteiger partial charge in [0.05, 0.1) is 10.9 Å². The number of piperidine rings is 1.